The van der Waals surface area contributed by atoms with E-state index in [0.29, 0.717) is 0 Å². The largest absolute Gasteiger partial charge is 0.457 e. The Morgan fingerprint density at radius 3 is 0.569 bits per heavy atom. The highest BCUT2D eigenvalue weighted by Crippen LogP contribution is 2.22. The smallest absolute Gasteiger partial charge is 0.179 e. The van der Waals surface area contributed by atoms with Crippen molar-refractivity contribution in [3.63, 3.8) is 0 Å². The predicted molar refractivity (Wildman–Crippen MR) is 220 cm³/mol. The standard InChI is InChI=1S/C48H38OSi2/c1-7-19-41(20-8-1)50(42-21-9-2-10-22-42,43-23-11-3-12-24-43)47-35-31-39(32-36-47)49-40-33-37-48(38-34-40)51(44-25-13-4-14-26-44,45-27-15-5-16-28-45)46-29-17-6-18-30-46/h1-38H. The summed E-state index contributed by atoms with van der Waals surface area (Å²) in [5.74, 6) is 1.64. The second kappa shape index (κ2) is 14.5. The molecular formula is C48H38OSi2. The summed E-state index contributed by atoms with van der Waals surface area (Å²) in [5, 5.41) is 10.8. The molecule has 0 aromatic heterocycles. The van der Waals surface area contributed by atoms with Crippen molar-refractivity contribution >= 4 is 57.6 Å². The average molecular weight is 687 g/mol. The molecule has 0 fully saturated rings. The normalized spacial score (nSPS) is 11.5. The Bertz CT molecular complexity index is 1920. The van der Waals surface area contributed by atoms with Gasteiger partial charge in [0.25, 0.3) is 0 Å². The highest BCUT2D eigenvalue weighted by atomic mass is 28.3. The lowest BCUT2D eigenvalue weighted by Crippen LogP contribution is -2.74. The van der Waals surface area contributed by atoms with Crippen LogP contribution in [-0.2, 0) is 0 Å². The van der Waals surface area contributed by atoms with E-state index in [9.17, 15) is 0 Å². The molecule has 8 rings (SSSR count). The monoisotopic (exact) mass is 686 g/mol. The summed E-state index contributed by atoms with van der Waals surface area (Å²) in [4.78, 5) is 0. The average Bonchev–Trinajstić information content (AvgIpc) is 3.22. The van der Waals surface area contributed by atoms with Gasteiger partial charge >= 0.3 is 0 Å². The van der Waals surface area contributed by atoms with E-state index in [1.54, 1.807) is 0 Å². The second-order valence-electron chi connectivity index (χ2n) is 12.8. The molecule has 1 nitrogen and oxygen atoms in total. The van der Waals surface area contributed by atoms with Gasteiger partial charge in [-0.1, -0.05) is 206 Å². The van der Waals surface area contributed by atoms with E-state index in [0.717, 1.165) is 11.5 Å². The molecule has 0 bridgehead atoms. The molecule has 0 aliphatic rings. The molecule has 244 valence electrons. The Kier molecular flexibility index (Phi) is 9.13. The van der Waals surface area contributed by atoms with Crippen molar-refractivity contribution in [1.29, 1.82) is 0 Å². The molecule has 0 saturated carbocycles. The van der Waals surface area contributed by atoms with Crippen LogP contribution in [0.25, 0.3) is 0 Å². The topological polar surface area (TPSA) is 9.23 Å². The molecule has 8 aromatic rings. The fourth-order valence-corrected chi connectivity index (χ4v) is 17.3. The van der Waals surface area contributed by atoms with Gasteiger partial charge in [-0.2, -0.15) is 0 Å². The Balaban J connectivity index is 1.18. The Morgan fingerprint density at radius 1 is 0.196 bits per heavy atom. The maximum Gasteiger partial charge on any atom is 0.179 e. The lowest BCUT2D eigenvalue weighted by molar-refractivity contribution is 0.483. The van der Waals surface area contributed by atoms with Crippen LogP contribution >= 0.6 is 0 Å². The van der Waals surface area contributed by atoms with Crippen molar-refractivity contribution in [3.8, 4) is 11.5 Å². The number of ether oxygens (including phenoxy) is 1. The summed E-state index contributed by atoms with van der Waals surface area (Å²) in [5.41, 5.74) is 0. The summed E-state index contributed by atoms with van der Waals surface area (Å²) in [6.07, 6.45) is 0. The van der Waals surface area contributed by atoms with Gasteiger partial charge in [-0.05, 0) is 65.8 Å². The van der Waals surface area contributed by atoms with Gasteiger partial charge < -0.3 is 4.74 Å². The van der Waals surface area contributed by atoms with Crippen LogP contribution in [0.3, 0.4) is 0 Å². The molecule has 0 aliphatic carbocycles. The van der Waals surface area contributed by atoms with Crippen LogP contribution in [0.5, 0.6) is 11.5 Å². The lowest BCUT2D eigenvalue weighted by Gasteiger charge is -2.34. The zero-order valence-electron chi connectivity index (χ0n) is 28.3. The molecule has 0 N–H and O–H groups in total. The Hall–Kier alpha value is -6.01. The minimum absolute atomic E-state index is 0.821. The van der Waals surface area contributed by atoms with E-state index in [1.165, 1.54) is 41.5 Å². The Labute approximate surface area is 303 Å². The van der Waals surface area contributed by atoms with E-state index in [2.05, 4.69) is 231 Å². The lowest BCUT2D eigenvalue weighted by atomic mass is 10.3. The molecule has 8 aromatic carbocycles. The van der Waals surface area contributed by atoms with Gasteiger partial charge in [-0.3, -0.25) is 0 Å². The van der Waals surface area contributed by atoms with Crippen LogP contribution in [0.4, 0.5) is 0 Å². The first-order valence-corrected chi connectivity index (χ1v) is 21.5. The summed E-state index contributed by atoms with van der Waals surface area (Å²) < 4.78 is 6.58. The molecule has 0 unspecified atom stereocenters. The zero-order valence-corrected chi connectivity index (χ0v) is 30.3. The maximum atomic E-state index is 6.58. The van der Waals surface area contributed by atoms with E-state index < -0.39 is 16.1 Å². The molecule has 0 spiro atoms. The molecule has 0 atom stereocenters. The third-order valence-corrected chi connectivity index (χ3v) is 19.6. The molecule has 0 amide bonds. The first-order valence-electron chi connectivity index (χ1n) is 17.5. The van der Waals surface area contributed by atoms with Gasteiger partial charge in [0.05, 0.1) is 0 Å². The SMILES string of the molecule is c1ccc([Si](c2ccccc2)(c2ccccc2)c2ccc(Oc3ccc([Si](c4ccccc4)(c4ccccc4)c4ccccc4)cc3)cc2)cc1. The third-order valence-electron chi connectivity index (χ3n) is 10.1. The van der Waals surface area contributed by atoms with E-state index in [-0.39, 0.29) is 0 Å². The van der Waals surface area contributed by atoms with Gasteiger partial charge in [0.15, 0.2) is 16.1 Å². The molecule has 3 heteroatoms. The van der Waals surface area contributed by atoms with Gasteiger partial charge in [0.1, 0.15) is 11.5 Å². The van der Waals surface area contributed by atoms with Crippen molar-refractivity contribution in [2.45, 2.75) is 0 Å². The first kappa shape index (κ1) is 32.2. The third kappa shape index (κ3) is 5.97. The van der Waals surface area contributed by atoms with Crippen LogP contribution < -0.4 is 46.2 Å². The summed E-state index contributed by atoms with van der Waals surface area (Å²) in [6.45, 7) is 0. The fraction of sp³-hybridized carbons (Fsp3) is 0. The highest BCUT2D eigenvalue weighted by molar-refractivity contribution is 7.20. The summed E-state index contributed by atoms with van der Waals surface area (Å²) in [6, 6.07) is 83.7. The van der Waals surface area contributed by atoms with Gasteiger partial charge in [0.2, 0.25) is 0 Å². The van der Waals surface area contributed by atoms with Crippen molar-refractivity contribution in [1.82, 2.24) is 0 Å². The molecule has 51 heavy (non-hydrogen) atoms. The molecule has 0 radical (unpaired) electrons. The van der Waals surface area contributed by atoms with Crippen LogP contribution in [0.15, 0.2) is 231 Å². The van der Waals surface area contributed by atoms with Crippen molar-refractivity contribution in [3.05, 3.63) is 231 Å². The van der Waals surface area contributed by atoms with Gasteiger partial charge in [-0.15, -0.1) is 0 Å². The summed E-state index contributed by atoms with van der Waals surface area (Å²) >= 11 is 0. The second-order valence-corrected chi connectivity index (χ2v) is 20.5. The molecule has 0 aliphatic heterocycles. The number of rotatable bonds is 10. The van der Waals surface area contributed by atoms with Crippen LogP contribution in [0.1, 0.15) is 0 Å². The van der Waals surface area contributed by atoms with Crippen LogP contribution in [0, 0.1) is 0 Å². The number of benzene rings is 8. The molecule has 0 saturated heterocycles. The Morgan fingerprint density at radius 2 is 0.373 bits per heavy atom. The number of hydrogen-bond donors (Lipinski definition) is 0. The van der Waals surface area contributed by atoms with Gasteiger partial charge in [-0.25, -0.2) is 0 Å². The zero-order chi connectivity index (χ0) is 34.4. The minimum Gasteiger partial charge on any atom is -0.457 e. The number of hydrogen-bond acceptors (Lipinski definition) is 1. The molecule has 0 heterocycles. The molecular weight excluding hydrogens is 649 g/mol. The highest BCUT2D eigenvalue weighted by Gasteiger charge is 2.42. The van der Waals surface area contributed by atoms with Gasteiger partial charge in [0, 0.05) is 0 Å². The van der Waals surface area contributed by atoms with Crippen LogP contribution in [0.2, 0.25) is 0 Å². The minimum atomic E-state index is -2.59. The quantitative estimate of drug-likeness (QED) is 0.123. The van der Waals surface area contributed by atoms with Crippen molar-refractivity contribution in [2.24, 2.45) is 0 Å². The van der Waals surface area contributed by atoms with E-state index in [4.69, 9.17) is 4.74 Å². The summed E-state index contributed by atoms with van der Waals surface area (Å²) in [7, 11) is -5.18. The predicted octanol–water partition coefficient (Wildman–Crippen LogP) is 6.23. The van der Waals surface area contributed by atoms with Crippen molar-refractivity contribution < 1.29 is 4.74 Å². The van der Waals surface area contributed by atoms with E-state index >= 15 is 0 Å². The van der Waals surface area contributed by atoms with E-state index in [1.807, 2.05) is 0 Å². The van der Waals surface area contributed by atoms with Crippen LogP contribution in [-0.4, -0.2) is 16.1 Å². The van der Waals surface area contributed by atoms with Crippen molar-refractivity contribution in [2.75, 3.05) is 0 Å². The maximum absolute atomic E-state index is 6.58. The first-order chi connectivity index (χ1) is 25.3. The fourth-order valence-electron chi connectivity index (χ4n) is 7.81.